The Hall–Kier alpha value is -2.74. The van der Waals surface area contributed by atoms with Gasteiger partial charge < -0.3 is 10.6 Å². The van der Waals surface area contributed by atoms with E-state index in [4.69, 9.17) is 5.73 Å². The lowest BCUT2D eigenvalue weighted by atomic mass is 9.89. The van der Waals surface area contributed by atoms with Gasteiger partial charge >= 0.3 is 0 Å². The number of fused-ring (bicyclic) bond motifs is 1. The quantitative estimate of drug-likeness (QED) is 0.745. The minimum absolute atomic E-state index is 0.0734. The van der Waals surface area contributed by atoms with Crippen LogP contribution >= 0.6 is 0 Å². The van der Waals surface area contributed by atoms with Crippen LogP contribution in [0.5, 0.6) is 0 Å². The van der Waals surface area contributed by atoms with E-state index in [1.165, 1.54) is 0 Å². The van der Waals surface area contributed by atoms with Gasteiger partial charge in [0.1, 0.15) is 6.04 Å². The molecule has 3 unspecified atom stereocenters. The summed E-state index contributed by atoms with van der Waals surface area (Å²) in [7, 11) is 1.96. The summed E-state index contributed by atoms with van der Waals surface area (Å²) in [5.41, 5.74) is 7.70. The molecule has 4 rings (SSSR count). The molecule has 3 aliphatic rings. The lowest BCUT2D eigenvalue weighted by Gasteiger charge is -2.37. The van der Waals surface area contributed by atoms with Crippen LogP contribution in [-0.4, -0.2) is 53.7 Å². The van der Waals surface area contributed by atoms with Gasteiger partial charge in [-0.25, -0.2) is 0 Å². The van der Waals surface area contributed by atoms with Crippen LogP contribution in [0.2, 0.25) is 0 Å². The topological polar surface area (TPSA) is 113 Å². The highest BCUT2D eigenvalue weighted by Crippen LogP contribution is 2.32. The number of anilines is 1. The van der Waals surface area contributed by atoms with Crippen LogP contribution in [0.4, 0.5) is 5.69 Å². The van der Waals surface area contributed by atoms with Gasteiger partial charge in [0.2, 0.25) is 11.8 Å². The zero-order valence-corrected chi connectivity index (χ0v) is 15.8. The maximum Gasteiger partial charge on any atom is 0.262 e. The Morgan fingerprint density at radius 3 is 2.46 bits per heavy atom. The molecule has 4 amide bonds. The molecule has 1 aromatic rings. The lowest BCUT2D eigenvalue weighted by Crippen LogP contribution is -2.54. The van der Waals surface area contributed by atoms with Gasteiger partial charge in [0.15, 0.2) is 0 Å². The summed E-state index contributed by atoms with van der Waals surface area (Å²) in [4.78, 5) is 52.3. The summed E-state index contributed by atoms with van der Waals surface area (Å²) in [5.74, 6) is -1.96. The van der Waals surface area contributed by atoms with E-state index in [1.54, 1.807) is 12.1 Å². The normalized spacial score (nSPS) is 27.6. The van der Waals surface area contributed by atoms with Gasteiger partial charge in [0.25, 0.3) is 11.8 Å². The second-order valence-corrected chi connectivity index (χ2v) is 7.80. The minimum atomic E-state index is -0.946. The number of hydrogen-bond acceptors (Lipinski definition) is 6. The van der Waals surface area contributed by atoms with Gasteiger partial charge in [-0.3, -0.25) is 29.4 Å². The van der Waals surface area contributed by atoms with Crippen LogP contribution in [0.25, 0.3) is 0 Å². The first kappa shape index (κ1) is 18.6. The summed E-state index contributed by atoms with van der Waals surface area (Å²) in [6.45, 7) is 0. The smallest absolute Gasteiger partial charge is 0.262 e. The van der Waals surface area contributed by atoms with Crippen molar-refractivity contribution in [3.05, 3.63) is 29.3 Å². The van der Waals surface area contributed by atoms with Crippen molar-refractivity contribution in [3.63, 3.8) is 0 Å². The minimum Gasteiger partial charge on any atom is -0.370 e. The Balaban J connectivity index is 1.60. The molecule has 8 heteroatoms. The Bertz CT molecular complexity index is 868. The van der Waals surface area contributed by atoms with E-state index in [2.05, 4.69) is 10.2 Å². The largest absolute Gasteiger partial charge is 0.370 e. The van der Waals surface area contributed by atoms with E-state index in [0.29, 0.717) is 11.1 Å². The third-order valence-corrected chi connectivity index (χ3v) is 6.11. The highest BCUT2D eigenvalue weighted by Gasteiger charge is 2.44. The fourth-order valence-corrected chi connectivity index (χ4v) is 4.49. The van der Waals surface area contributed by atoms with E-state index in [0.717, 1.165) is 36.3 Å². The summed E-state index contributed by atoms with van der Waals surface area (Å²) >= 11 is 0. The first-order chi connectivity index (χ1) is 13.4. The van der Waals surface area contributed by atoms with Gasteiger partial charge in [-0.2, -0.15) is 0 Å². The van der Waals surface area contributed by atoms with Crippen molar-refractivity contribution < 1.29 is 19.2 Å². The zero-order valence-electron chi connectivity index (χ0n) is 15.8. The molecular weight excluding hydrogens is 360 g/mol. The summed E-state index contributed by atoms with van der Waals surface area (Å²) in [6.07, 6.45) is 4.47. The van der Waals surface area contributed by atoms with Crippen LogP contribution in [0.1, 0.15) is 59.2 Å². The number of benzene rings is 1. The Labute approximate surface area is 163 Å². The SMILES string of the molecule is CN(c1ccc2c(c1)C(=O)N(C1CCC(=O)NC1=O)C2=O)C1CCCCC1N. The Kier molecular flexibility index (Phi) is 4.66. The molecule has 0 bridgehead atoms. The average molecular weight is 384 g/mol. The number of imide groups is 2. The number of carbonyl (C=O) groups is 4. The first-order valence-corrected chi connectivity index (χ1v) is 9.72. The van der Waals surface area contributed by atoms with Crippen LogP contribution in [0, 0.1) is 0 Å². The summed E-state index contributed by atoms with van der Waals surface area (Å²) < 4.78 is 0. The first-order valence-electron chi connectivity index (χ1n) is 9.72. The lowest BCUT2D eigenvalue weighted by molar-refractivity contribution is -0.136. The number of nitrogens with two attached hydrogens (primary N) is 1. The van der Waals surface area contributed by atoms with E-state index in [1.807, 2.05) is 13.1 Å². The Morgan fingerprint density at radius 1 is 1.04 bits per heavy atom. The van der Waals surface area contributed by atoms with Crippen LogP contribution < -0.4 is 16.0 Å². The van der Waals surface area contributed by atoms with Crippen LogP contribution in [0.15, 0.2) is 18.2 Å². The molecular formula is C20H24N4O4. The van der Waals surface area contributed by atoms with Crippen molar-refractivity contribution in [1.29, 1.82) is 0 Å². The van der Waals surface area contributed by atoms with Crippen LogP contribution in [0.3, 0.4) is 0 Å². The molecule has 1 aromatic carbocycles. The third-order valence-electron chi connectivity index (χ3n) is 6.11. The van der Waals surface area contributed by atoms with Gasteiger partial charge in [0.05, 0.1) is 11.1 Å². The standard InChI is InChI=1S/C20H24N4O4/c1-23(15-5-3-2-4-14(15)21)11-6-7-12-13(10-11)20(28)24(19(12)27)16-8-9-17(25)22-18(16)26/h6-7,10,14-16H,2-5,8-9,21H2,1H3,(H,22,25,26). The molecule has 1 saturated heterocycles. The molecule has 148 valence electrons. The third kappa shape index (κ3) is 2.97. The molecule has 2 heterocycles. The molecule has 3 atom stereocenters. The monoisotopic (exact) mass is 384 g/mol. The van der Waals surface area contributed by atoms with Crippen molar-refractivity contribution in [3.8, 4) is 0 Å². The predicted octanol–water partition coefficient (Wildman–Crippen LogP) is 0.794. The predicted molar refractivity (Wildman–Crippen MR) is 102 cm³/mol. The molecule has 3 N–H and O–H groups in total. The van der Waals surface area contributed by atoms with Gasteiger partial charge in [0, 0.05) is 31.2 Å². The molecule has 0 aromatic heterocycles. The van der Waals surface area contributed by atoms with Gasteiger partial charge in [-0.15, -0.1) is 0 Å². The molecule has 8 nitrogen and oxygen atoms in total. The molecule has 0 radical (unpaired) electrons. The van der Waals surface area contributed by atoms with Gasteiger partial charge in [-0.05, 0) is 37.5 Å². The second-order valence-electron chi connectivity index (χ2n) is 7.80. The van der Waals surface area contributed by atoms with Crippen molar-refractivity contribution in [2.75, 3.05) is 11.9 Å². The van der Waals surface area contributed by atoms with E-state index < -0.39 is 23.8 Å². The number of nitrogens with one attached hydrogen (secondary N) is 1. The maximum absolute atomic E-state index is 12.9. The maximum atomic E-state index is 12.9. The molecule has 0 spiro atoms. The van der Waals surface area contributed by atoms with Crippen molar-refractivity contribution in [2.24, 2.45) is 5.73 Å². The van der Waals surface area contributed by atoms with Crippen molar-refractivity contribution in [1.82, 2.24) is 10.2 Å². The number of likely N-dealkylation sites (N-methyl/N-ethyl adjacent to an activating group) is 1. The molecule has 28 heavy (non-hydrogen) atoms. The second kappa shape index (κ2) is 7.01. The van der Waals surface area contributed by atoms with E-state index in [-0.39, 0.29) is 30.8 Å². The number of rotatable bonds is 3. The number of amides is 4. The molecule has 1 saturated carbocycles. The van der Waals surface area contributed by atoms with Crippen molar-refractivity contribution >= 4 is 29.3 Å². The zero-order chi connectivity index (χ0) is 20.0. The highest BCUT2D eigenvalue weighted by molar-refractivity contribution is 6.23. The van der Waals surface area contributed by atoms with E-state index >= 15 is 0 Å². The highest BCUT2D eigenvalue weighted by atomic mass is 16.2. The number of piperidine rings is 1. The molecule has 2 fully saturated rings. The molecule has 1 aliphatic carbocycles. The summed E-state index contributed by atoms with van der Waals surface area (Å²) in [6, 6.07) is 4.48. The molecule has 2 aliphatic heterocycles. The van der Waals surface area contributed by atoms with Gasteiger partial charge in [-0.1, -0.05) is 12.8 Å². The number of carbonyl (C=O) groups excluding carboxylic acids is 4. The number of nitrogens with zero attached hydrogens (tertiary/aromatic N) is 2. The average Bonchev–Trinajstić information content (AvgIpc) is 2.92. The summed E-state index contributed by atoms with van der Waals surface area (Å²) in [5, 5.41) is 2.21. The van der Waals surface area contributed by atoms with Crippen molar-refractivity contribution in [2.45, 2.75) is 56.7 Å². The fourth-order valence-electron chi connectivity index (χ4n) is 4.49. The Morgan fingerprint density at radius 2 is 1.75 bits per heavy atom. The van der Waals surface area contributed by atoms with Crippen LogP contribution in [-0.2, 0) is 9.59 Å². The number of hydrogen-bond donors (Lipinski definition) is 2. The van der Waals surface area contributed by atoms with E-state index in [9.17, 15) is 19.2 Å². The fraction of sp³-hybridized carbons (Fsp3) is 0.500.